The number of nitrogens with two attached hydrogens (primary N) is 1. The first-order valence-electron chi connectivity index (χ1n) is 8.94. The second-order valence-electron chi connectivity index (χ2n) is 6.66. The predicted octanol–water partition coefficient (Wildman–Crippen LogP) is 3.06. The third kappa shape index (κ3) is 4.55. The lowest BCUT2D eigenvalue weighted by Crippen LogP contribution is -2.26. The number of ether oxygens (including phenoxy) is 1. The van der Waals surface area contributed by atoms with E-state index < -0.39 is 11.8 Å². The molecule has 0 spiro atoms. The summed E-state index contributed by atoms with van der Waals surface area (Å²) < 4.78 is 20.6. The number of methoxy groups -OCH3 is 1. The van der Waals surface area contributed by atoms with Crippen LogP contribution in [0, 0.1) is 6.92 Å². The van der Waals surface area contributed by atoms with Gasteiger partial charge in [-0.1, -0.05) is 12.1 Å². The number of amides is 1. The molecule has 150 valence electrons. The van der Waals surface area contributed by atoms with Gasteiger partial charge >= 0.3 is 0 Å². The zero-order chi connectivity index (χ0) is 21.0. The maximum absolute atomic E-state index is 15.4. The van der Waals surface area contributed by atoms with E-state index in [2.05, 4.69) is 15.0 Å². The van der Waals surface area contributed by atoms with Crippen molar-refractivity contribution in [2.24, 2.45) is 5.73 Å². The van der Waals surface area contributed by atoms with E-state index in [1.165, 1.54) is 31.4 Å². The Hall–Kier alpha value is -3.39. The Morgan fingerprint density at radius 1 is 1.17 bits per heavy atom. The summed E-state index contributed by atoms with van der Waals surface area (Å²) in [6.07, 6.45) is 4.77. The first kappa shape index (κ1) is 20.3. The average molecular weight is 395 g/mol. The summed E-state index contributed by atoms with van der Waals surface area (Å²) in [4.78, 5) is 25.9. The number of hydrogen-bond donors (Lipinski definition) is 1. The maximum Gasteiger partial charge on any atom is 0.248 e. The highest BCUT2D eigenvalue weighted by Crippen LogP contribution is 2.31. The predicted molar refractivity (Wildman–Crippen MR) is 108 cm³/mol. The molecule has 1 unspecified atom stereocenters. The van der Waals surface area contributed by atoms with Crippen LogP contribution in [0.4, 0.5) is 16.0 Å². The molecule has 0 aliphatic rings. The van der Waals surface area contributed by atoms with Crippen molar-refractivity contribution in [1.29, 1.82) is 0 Å². The summed E-state index contributed by atoms with van der Waals surface area (Å²) in [6.45, 7) is 1.91. The Morgan fingerprint density at radius 2 is 1.83 bits per heavy atom. The van der Waals surface area contributed by atoms with Crippen molar-refractivity contribution < 1.29 is 13.9 Å². The van der Waals surface area contributed by atoms with Gasteiger partial charge in [-0.25, -0.2) is 14.4 Å². The Kier molecular flexibility index (Phi) is 5.84. The van der Waals surface area contributed by atoms with Crippen molar-refractivity contribution in [3.63, 3.8) is 0 Å². The molecule has 2 N–H and O–H groups in total. The van der Waals surface area contributed by atoms with Crippen LogP contribution in [-0.2, 0) is 17.0 Å². The van der Waals surface area contributed by atoms with Crippen LogP contribution in [0.3, 0.4) is 0 Å². The molecule has 0 saturated carbocycles. The van der Waals surface area contributed by atoms with E-state index in [4.69, 9.17) is 10.5 Å². The number of carbonyl (C=O) groups excluding carboxylic acids is 1. The molecule has 0 radical (unpaired) electrons. The van der Waals surface area contributed by atoms with Gasteiger partial charge in [-0.15, -0.1) is 0 Å². The van der Waals surface area contributed by atoms with Gasteiger partial charge < -0.3 is 15.4 Å². The van der Waals surface area contributed by atoms with Crippen LogP contribution >= 0.6 is 0 Å². The van der Waals surface area contributed by atoms with E-state index in [1.54, 1.807) is 18.6 Å². The second kappa shape index (κ2) is 8.32. The highest BCUT2D eigenvalue weighted by molar-refractivity contribution is 5.92. The van der Waals surface area contributed by atoms with Crippen molar-refractivity contribution in [3.8, 4) is 0 Å². The summed E-state index contributed by atoms with van der Waals surface area (Å²) in [5, 5.41) is 0. The van der Waals surface area contributed by atoms with Crippen molar-refractivity contribution in [3.05, 3.63) is 77.4 Å². The van der Waals surface area contributed by atoms with Crippen LogP contribution in [0.15, 0.2) is 55.0 Å². The zero-order valence-electron chi connectivity index (χ0n) is 16.5. The monoisotopic (exact) mass is 395 g/mol. The van der Waals surface area contributed by atoms with Crippen molar-refractivity contribution in [1.82, 2.24) is 15.0 Å². The third-order valence-electron chi connectivity index (χ3n) is 4.61. The Balaban J connectivity index is 1.79. The number of carbonyl (C=O) groups is 1. The lowest BCUT2D eigenvalue weighted by molar-refractivity contribution is -0.128. The number of primary amides is 1. The molecule has 3 aromatic rings. The summed E-state index contributed by atoms with van der Waals surface area (Å²) in [6, 6.07) is 9.69. The van der Waals surface area contributed by atoms with Gasteiger partial charge in [-0.2, -0.15) is 0 Å². The number of alkyl halides is 1. The molecule has 2 aromatic heterocycles. The van der Waals surface area contributed by atoms with E-state index in [-0.39, 0.29) is 12.0 Å². The van der Waals surface area contributed by atoms with Gasteiger partial charge in [0.1, 0.15) is 0 Å². The molecule has 0 fully saturated rings. The number of aromatic nitrogens is 3. The maximum atomic E-state index is 15.4. The molecule has 0 saturated heterocycles. The molecule has 1 amide bonds. The number of halogens is 1. The molecule has 1 atom stereocenters. The Bertz CT molecular complexity index is 995. The first-order chi connectivity index (χ1) is 13.8. The van der Waals surface area contributed by atoms with Gasteiger partial charge in [0.15, 0.2) is 0 Å². The normalized spacial score (nSPS) is 13.0. The molecular weight excluding hydrogens is 373 g/mol. The molecule has 0 bridgehead atoms. The lowest BCUT2D eigenvalue weighted by atomic mass is 9.99. The van der Waals surface area contributed by atoms with E-state index in [1.807, 2.05) is 31.0 Å². The van der Waals surface area contributed by atoms with Crippen LogP contribution in [0.25, 0.3) is 0 Å². The number of hydrogen-bond acceptors (Lipinski definition) is 6. The molecule has 29 heavy (non-hydrogen) atoms. The number of pyridine rings is 1. The average Bonchev–Trinajstić information content (AvgIpc) is 2.73. The topological polar surface area (TPSA) is 94.2 Å². The fraction of sp³-hybridized carbons (Fsp3) is 0.238. The Morgan fingerprint density at radius 3 is 2.38 bits per heavy atom. The van der Waals surface area contributed by atoms with Crippen LogP contribution in [0.2, 0.25) is 0 Å². The molecule has 1 aromatic carbocycles. The molecule has 7 nitrogen and oxygen atoms in total. The summed E-state index contributed by atoms with van der Waals surface area (Å²) in [7, 11) is 3.13. The van der Waals surface area contributed by atoms with Crippen LogP contribution in [-0.4, -0.2) is 35.0 Å². The molecule has 8 heteroatoms. The number of nitrogens with zero attached hydrogens (tertiary/aromatic N) is 4. The number of anilines is 2. The number of benzene rings is 1. The van der Waals surface area contributed by atoms with Gasteiger partial charge in [0.25, 0.3) is 0 Å². The molecule has 0 aliphatic carbocycles. The van der Waals surface area contributed by atoms with Crippen LogP contribution in [0.5, 0.6) is 0 Å². The summed E-state index contributed by atoms with van der Waals surface area (Å²) in [5.74, 6) is -2.18. The Labute approximate surface area is 168 Å². The van der Waals surface area contributed by atoms with Crippen molar-refractivity contribution >= 4 is 17.5 Å². The molecule has 0 aliphatic heterocycles. The highest BCUT2D eigenvalue weighted by atomic mass is 19.2. The summed E-state index contributed by atoms with van der Waals surface area (Å²) in [5.41, 5.74) is 8.16. The first-order valence-corrected chi connectivity index (χ1v) is 8.94. The van der Waals surface area contributed by atoms with E-state index >= 15 is 4.39 Å². The zero-order valence-corrected chi connectivity index (χ0v) is 16.5. The highest BCUT2D eigenvalue weighted by Gasteiger charge is 2.32. The molecule has 3 rings (SSSR count). The smallest absolute Gasteiger partial charge is 0.248 e. The van der Waals surface area contributed by atoms with Crippen LogP contribution in [0.1, 0.15) is 27.2 Å². The lowest BCUT2D eigenvalue weighted by Gasteiger charge is -2.24. The standard InChI is InChI=1S/C21H22FN5O2/c1-14-10-18(8-9-24-14)27(2)20-25-12-15(13-26-20)11-21(22,29-3)17-6-4-16(5-7-17)19(23)28/h4-10,12-13H,11H2,1-3H3,(H2,23,28). The van der Waals surface area contributed by atoms with Gasteiger partial charge in [0, 0.05) is 61.7 Å². The van der Waals surface area contributed by atoms with Crippen molar-refractivity contribution in [2.75, 3.05) is 19.1 Å². The SMILES string of the molecule is COC(F)(Cc1cnc(N(C)c2ccnc(C)c2)nc1)c1ccc(C(N)=O)cc1. The minimum absolute atomic E-state index is 0.0855. The third-order valence-corrected chi connectivity index (χ3v) is 4.61. The molecule has 2 heterocycles. The van der Waals surface area contributed by atoms with Crippen LogP contribution < -0.4 is 10.6 Å². The molecular formula is C21H22FN5O2. The van der Waals surface area contributed by atoms with Crippen molar-refractivity contribution in [2.45, 2.75) is 19.2 Å². The van der Waals surface area contributed by atoms with E-state index in [0.29, 0.717) is 17.1 Å². The van der Waals surface area contributed by atoms with Gasteiger partial charge in [0.05, 0.1) is 0 Å². The van der Waals surface area contributed by atoms with Gasteiger partial charge in [-0.05, 0) is 36.8 Å². The van der Waals surface area contributed by atoms with E-state index in [9.17, 15) is 4.79 Å². The second-order valence-corrected chi connectivity index (χ2v) is 6.66. The largest absolute Gasteiger partial charge is 0.366 e. The quantitative estimate of drug-likeness (QED) is 0.661. The van der Waals surface area contributed by atoms with E-state index in [0.717, 1.165) is 11.4 Å². The number of aryl methyl sites for hydroxylation is 1. The minimum atomic E-state index is -2.09. The number of rotatable bonds is 7. The fourth-order valence-electron chi connectivity index (χ4n) is 2.91. The van der Waals surface area contributed by atoms with Gasteiger partial charge in [-0.3, -0.25) is 9.78 Å². The fourth-order valence-corrected chi connectivity index (χ4v) is 2.91. The minimum Gasteiger partial charge on any atom is -0.366 e. The van der Waals surface area contributed by atoms with Gasteiger partial charge in [0.2, 0.25) is 17.7 Å². The summed E-state index contributed by atoms with van der Waals surface area (Å²) >= 11 is 0.